The van der Waals surface area contributed by atoms with Gasteiger partial charge >= 0.3 is 0 Å². The van der Waals surface area contributed by atoms with Gasteiger partial charge in [0.1, 0.15) is 5.75 Å². The second-order valence-electron chi connectivity index (χ2n) is 6.89. The largest absolute Gasteiger partial charge is 0.493 e. The van der Waals surface area contributed by atoms with Crippen LogP contribution in [-0.2, 0) is 11.3 Å². The number of nitrogens with zero attached hydrogens (tertiary/aromatic N) is 3. The fraction of sp³-hybridized carbons (Fsp3) is 0.500. The molecule has 26 heavy (non-hydrogen) atoms. The summed E-state index contributed by atoms with van der Waals surface area (Å²) in [5.74, 6) is 1.90. The summed E-state index contributed by atoms with van der Waals surface area (Å²) in [7, 11) is 0. The van der Waals surface area contributed by atoms with Gasteiger partial charge in [0.2, 0.25) is 5.91 Å². The lowest BCUT2D eigenvalue weighted by molar-refractivity contribution is -0.133. The fourth-order valence-electron chi connectivity index (χ4n) is 3.15. The number of carbonyl (C=O) groups is 1. The number of carbonyl (C=O) groups excluding carboxylic acids is 1. The van der Waals surface area contributed by atoms with E-state index in [1.807, 2.05) is 36.9 Å². The Hall–Kier alpha value is -2.34. The molecule has 3 rings (SSSR count). The molecule has 6 nitrogen and oxygen atoms in total. The Bertz CT molecular complexity index is 749. The smallest absolute Gasteiger partial charge is 0.226 e. The van der Waals surface area contributed by atoms with Gasteiger partial charge in [0.25, 0.3) is 0 Å². The second kappa shape index (κ2) is 8.36. The van der Waals surface area contributed by atoms with Crippen LogP contribution in [0.15, 0.2) is 28.8 Å². The highest BCUT2D eigenvalue weighted by molar-refractivity contribution is 5.76. The summed E-state index contributed by atoms with van der Waals surface area (Å²) < 4.78 is 11.1. The maximum atomic E-state index is 12.4. The van der Waals surface area contributed by atoms with Crippen LogP contribution in [0.5, 0.6) is 5.75 Å². The number of benzene rings is 1. The van der Waals surface area contributed by atoms with Crippen LogP contribution in [0.4, 0.5) is 0 Å². The Kier molecular flexibility index (Phi) is 5.93. The first-order valence-electron chi connectivity index (χ1n) is 9.14. The molecule has 0 N–H and O–H groups in total. The zero-order chi connectivity index (χ0) is 18.5. The van der Waals surface area contributed by atoms with E-state index in [-0.39, 0.29) is 5.91 Å². The van der Waals surface area contributed by atoms with Gasteiger partial charge < -0.3 is 14.2 Å². The molecular weight excluding hydrogens is 330 g/mol. The fourth-order valence-corrected chi connectivity index (χ4v) is 3.15. The molecule has 0 spiro atoms. The van der Waals surface area contributed by atoms with Gasteiger partial charge in [0, 0.05) is 32.2 Å². The molecule has 2 heterocycles. The van der Waals surface area contributed by atoms with E-state index in [2.05, 4.69) is 23.0 Å². The highest BCUT2D eigenvalue weighted by Gasteiger charge is 2.21. The van der Waals surface area contributed by atoms with Gasteiger partial charge in [-0.3, -0.25) is 9.69 Å². The van der Waals surface area contributed by atoms with Crippen molar-refractivity contribution in [3.8, 4) is 5.75 Å². The third-order valence-electron chi connectivity index (χ3n) is 4.91. The summed E-state index contributed by atoms with van der Waals surface area (Å²) in [6.45, 7) is 10.4. The van der Waals surface area contributed by atoms with Gasteiger partial charge in [-0.2, -0.15) is 0 Å². The first kappa shape index (κ1) is 18.5. The third kappa shape index (κ3) is 4.64. The number of hydrogen-bond acceptors (Lipinski definition) is 5. The van der Waals surface area contributed by atoms with Crippen molar-refractivity contribution in [1.29, 1.82) is 0 Å². The molecule has 0 bridgehead atoms. The summed E-state index contributed by atoms with van der Waals surface area (Å²) >= 11 is 0. The predicted octanol–water partition coefficient (Wildman–Crippen LogP) is 2.71. The SMILES string of the molecule is Cc1cc(CN2CCN(C(=O)CCOc3cccc(C)c3C)CC2)on1. The number of hydrogen-bond donors (Lipinski definition) is 0. The summed E-state index contributed by atoms with van der Waals surface area (Å²) in [6.07, 6.45) is 0.411. The van der Waals surface area contributed by atoms with Crippen molar-refractivity contribution in [1.82, 2.24) is 15.0 Å². The molecule has 1 aromatic carbocycles. The molecule has 6 heteroatoms. The van der Waals surface area contributed by atoms with E-state index in [4.69, 9.17) is 9.26 Å². The summed E-state index contributed by atoms with van der Waals surface area (Å²) in [5.41, 5.74) is 3.24. The molecule has 1 aliphatic rings. The quantitative estimate of drug-likeness (QED) is 0.796. The molecule has 0 saturated carbocycles. The number of rotatable bonds is 6. The molecule has 1 aliphatic heterocycles. The highest BCUT2D eigenvalue weighted by Crippen LogP contribution is 2.20. The van der Waals surface area contributed by atoms with Crippen LogP contribution in [0.2, 0.25) is 0 Å². The van der Waals surface area contributed by atoms with Crippen molar-refractivity contribution in [2.45, 2.75) is 33.7 Å². The van der Waals surface area contributed by atoms with Crippen molar-refractivity contribution in [2.24, 2.45) is 0 Å². The molecule has 0 unspecified atom stereocenters. The first-order chi connectivity index (χ1) is 12.5. The number of aromatic nitrogens is 1. The minimum Gasteiger partial charge on any atom is -0.493 e. The standard InChI is InChI=1S/C20H27N3O3/c1-15-5-4-6-19(17(15)3)25-12-7-20(24)23-10-8-22(9-11-23)14-18-13-16(2)21-26-18/h4-6,13H,7-12,14H2,1-3H3. The predicted molar refractivity (Wildman–Crippen MR) is 99.1 cm³/mol. The van der Waals surface area contributed by atoms with E-state index in [9.17, 15) is 4.79 Å². The molecule has 1 aromatic heterocycles. The Labute approximate surface area is 154 Å². The minimum absolute atomic E-state index is 0.158. The maximum absolute atomic E-state index is 12.4. The van der Waals surface area contributed by atoms with Crippen LogP contribution < -0.4 is 4.74 Å². The molecule has 1 amide bonds. The third-order valence-corrected chi connectivity index (χ3v) is 4.91. The van der Waals surface area contributed by atoms with E-state index in [0.29, 0.717) is 13.0 Å². The van der Waals surface area contributed by atoms with Crippen molar-refractivity contribution in [2.75, 3.05) is 32.8 Å². The van der Waals surface area contributed by atoms with Crippen LogP contribution in [0, 0.1) is 20.8 Å². The monoisotopic (exact) mass is 357 g/mol. The van der Waals surface area contributed by atoms with E-state index in [1.165, 1.54) is 5.56 Å². The number of ether oxygens (including phenoxy) is 1. The molecule has 140 valence electrons. The molecule has 1 saturated heterocycles. The average molecular weight is 357 g/mol. The molecule has 0 aliphatic carbocycles. The Balaban J connectivity index is 1.40. The lowest BCUT2D eigenvalue weighted by Crippen LogP contribution is -2.48. The first-order valence-corrected chi connectivity index (χ1v) is 9.14. The summed E-state index contributed by atoms with van der Waals surface area (Å²) in [6, 6.07) is 7.96. The van der Waals surface area contributed by atoms with Gasteiger partial charge in [-0.25, -0.2) is 0 Å². The summed E-state index contributed by atoms with van der Waals surface area (Å²) in [5, 5.41) is 3.92. The Morgan fingerprint density at radius 2 is 1.96 bits per heavy atom. The number of amides is 1. The van der Waals surface area contributed by atoms with Crippen molar-refractivity contribution >= 4 is 5.91 Å². The van der Waals surface area contributed by atoms with Gasteiger partial charge in [0.15, 0.2) is 5.76 Å². The molecule has 2 aromatic rings. The topological polar surface area (TPSA) is 58.8 Å². The molecular formula is C20H27N3O3. The highest BCUT2D eigenvalue weighted by atomic mass is 16.5. The van der Waals surface area contributed by atoms with Gasteiger partial charge in [-0.15, -0.1) is 0 Å². The van der Waals surface area contributed by atoms with Crippen LogP contribution in [0.3, 0.4) is 0 Å². The Morgan fingerprint density at radius 3 is 2.65 bits per heavy atom. The van der Waals surface area contributed by atoms with E-state index < -0.39 is 0 Å². The molecule has 0 radical (unpaired) electrons. The van der Waals surface area contributed by atoms with Crippen LogP contribution in [0.1, 0.15) is 29.0 Å². The molecule has 1 fully saturated rings. The van der Waals surface area contributed by atoms with E-state index in [0.717, 1.165) is 55.5 Å². The van der Waals surface area contributed by atoms with Crippen molar-refractivity contribution < 1.29 is 14.1 Å². The van der Waals surface area contributed by atoms with Crippen LogP contribution in [0.25, 0.3) is 0 Å². The van der Waals surface area contributed by atoms with E-state index in [1.54, 1.807) is 0 Å². The number of piperazine rings is 1. The molecule has 0 atom stereocenters. The van der Waals surface area contributed by atoms with Gasteiger partial charge in [-0.1, -0.05) is 17.3 Å². The maximum Gasteiger partial charge on any atom is 0.226 e. The second-order valence-corrected chi connectivity index (χ2v) is 6.89. The van der Waals surface area contributed by atoms with Crippen LogP contribution in [-0.4, -0.2) is 53.6 Å². The lowest BCUT2D eigenvalue weighted by Gasteiger charge is -2.34. The van der Waals surface area contributed by atoms with Crippen molar-refractivity contribution in [3.05, 3.63) is 46.8 Å². The summed E-state index contributed by atoms with van der Waals surface area (Å²) in [4.78, 5) is 16.6. The number of aryl methyl sites for hydroxylation is 2. The minimum atomic E-state index is 0.158. The normalized spacial score (nSPS) is 15.3. The lowest BCUT2D eigenvalue weighted by atomic mass is 10.1. The van der Waals surface area contributed by atoms with Gasteiger partial charge in [0.05, 0.1) is 25.3 Å². The zero-order valence-corrected chi connectivity index (χ0v) is 15.8. The Morgan fingerprint density at radius 1 is 1.19 bits per heavy atom. The zero-order valence-electron chi connectivity index (χ0n) is 15.8. The van der Waals surface area contributed by atoms with Gasteiger partial charge in [-0.05, 0) is 38.0 Å². The average Bonchev–Trinajstić information content (AvgIpc) is 3.04. The van der Waals surface area contributed by atoms with E-state index >= 15 is 0 Å². The van der Waals surface area contributed by atoms with Crippen molar-refractivity contribution in [3.63, 3.8) is 0 Å². The van der Waals surface area contributed by atoms with Crippen LogP contribution >= 0.6 is 0 Å².